The van der Waals surface area contributed by atoms with Gasteiger partial charge in [-0.25, -0.2) is 13.4 Å². The van der Waals surface area contributed by atoms with Crippen molar-refractivity contribution in [2.45, 2.75) is 31.3 Å². The minimum absolute atomic E-state index is 0.0410. The summed E-state index contributed by atoms with van der Waals surface area (Å²) in [6.07, 6.45) is 2.20. The van der Waals surface area contributed by atoms with Crippen molar-refractivity contribution in [3.8, 4) is 0 Å². The van der Waals surface area contributed by atoms with Crippen LogP contribution in [0, 0.1) is 6.92 Å². The number of imidazole rings is 1. The van der Waals surface area contributed by atoms with E-state index in [1.54, 1.807) is 6.92 Å². The summed E-state index contributed by atoms with van der Waals surface area (Å²) < 4.78 is 26.4. The van der Waals surface area contributed by atoms with Crippen LogP contribution in [0.5, 0.6) is 0 Å². The zero-order valence-corrected chi connectivity index (χ0v) is 13.9. The summed E-state index contributed by atoms with van der Waals surface area (Å²) in [6.45, 7) is 5.87. The molecule has 21 heavy (non-hydrogen) atoms. The SMILES string of the molecule is CCC(C(N)=S)N1CCN(S(=O)(=O)c2cnc(C)[nH]2)CC1. The van der Waals surface area contributed by atoms with E-state index in [-0.39, 0.29) is 11.1 Å². The smallest absolute Gasteiger partial charge is 0.260 e. The number of nitrogens with zero attached hydrogens (tertiary/aromatic N) is 3. The molecule has 0 saturated carbocycles. The van der Waals surface area contributed by atoms with Crippen molar-refractivity contribution in [3.05, 3.63) is 12.0 Å². The Kier molecular flexibility index (Phi) is 4.97. The molecule has 0 spiro atoms. The van der Waals surface area contributed by atoms with Gasteiger partial charge in [0.25, 0.3) is 10.0 Å². The van der Waals surface area contributed by atoms with E-state index in [1.165, 1.54) is 10.5 Å². The summed E-state index contributed by atoms with van der Waals surface area (Å²) in [5.74, 6) is 0.590. The summed E-state index contributed by atoms with van der Waals surface area (Å²) in [5, 5.41) is 0.148. The van der Waals surface area contributed by atoms with Gasteiger partial charge in [-0.3, -0.25) is 4.90 Å². The molecule has 1 saturated heterocycles. The fourth-order valence-electron chi connectivity index (χ4n) is 2.56. The lowest BCUT2D eigenvalue weighted by atomic mass is 10.1. The Morgan fingerprint density at radius 1 is 1.48 bits per heavy atom. The van der Waals surface area contributed by atoms with Crippen LogP contribution in [0.3, 0.4) is 0 Å². The number of hydrogen-bond donors (Lipinski definition) is 2. The van der Waals surface area contributed by atoms with Gasteiger partial charge in [-0.15, -0.1) is 0 Å². The molecule has 2 heterocycles. The van der Waals surface area contributed by atoms with E-state index in [0.717, 1.165) is 6.42 Å². The van der Waals surface area contributed by atoms with Crippen LogP contribution in [0.2, 0.25) is 0 Å². The van der Waals surface area contributed by atoms with Crippen molar-refractivity contribution in [3.63, 3.8) is 0 Å². The first-order chi connectivity index (χ1) is 9.86. The Morgan fingerprint density at radius 3 is 2.52 bits per heavy atom. The number of aromatic amines is 1. The predicted octanol–water partition coefficient (Wildman–Crippen LogP) is 0.0891. The molecule has 0 amide bonds. The van der Waals surface area contributed by atoms with Crippen molar-refractivity contribution in [2.75, 3.05) is 26.2 Å². The Labute approximate surface area is 130 Å². The van der Waals surface area contributed by atoms with Crippen molar-refractivity contribution in [1.82, 2.24) is 19.2 Å². The number of aryl methyl sites for hydroxylation is 1. The zero-order chi connectivity index (χ0) is 15.6. The van der Waals surface area contributed by atoms with Crippen LogP contribution in [-0.2, 0) is 10.0 Å². The molecule has 0 aromatic carbocycles. The molecule has 0 aliphatic carbocycles. The summed E-state index contributed by atoms with van der Waals surface area (Å²) in [4.78, 5) is 9.35. The van der Waals surface area contributed by atoms with Crippen LogP contribution >= 0.6 is 12.2 Å². The van der Waals surface area contributed by atoms with Gasteiger partial charge >= 0.3 is 0 Å². The highest BCUT2D eigenvalue weighted by atomic mass is 32.2. The molecule has 1 unspecified atom stereocenters. The van der Waals surface area contributed by atoms with Crippen molar-refractivity contribution < 1.29 is 8.42 Å². The highest BCUT2D eigenvalue weighted by molar-refractivity contribution is 7.89. The summed E-state index contributed by atoms with van der Waals surface area (Å²) >= 11 is 5.07. The number of aromatic nitrogens is 2. The largest absolute Gasteiger partial charge is 0.392 e. The number of thiocarbonyl (C=S) groups is 1. The molecule has 9 heteroatoms. The van der Waals surface area contributed by atoms with Gasteiger partial charge in [0.05, 0.1) is 17.2 Å². The summed E-state index contributed by atoms with van der Waals surface area (Å²) in [5.41, 5.74) is 5.74. The van der Waals surface area contributed by atoms with Crippen LogP contribution in [0.4, 0.5) is 0 Å². The second kappa shape index (κ2) is 6.39. The molecule has 7 nitrogen and oxygen atoms in total. The van der Waals surface area contributed by atoms with Crippen LogP contribution in [0.25, 0.3) is 0 Å². The molecule has 1 aliphatic heterocycles. The number of piperazine rings is 1. The first kappa shape index (κ1) is 16.3. The van der Waals surface area contributed by atoms with E-state index in [0.29, 0.717) is 37.0 Å². The van der Waals surface area contributed by atoms with E-state index in [4.69, 9.17) is 18.0 Å². The average molecular weight is 331 g/mol. The van der Waals surface area contributed by atoms with E-state index in [2.05, 4.69) is 14.9 Å². The minimum atomic E-state index is -3.49. The number of rotatable bonds is 5. The second-order valence-corrected chi connectivity index (χ2v) is 7.48. The van der Waals surface area contributed by atoms with Crippen LogP contribution < -0.4 is 5.73 Å². The van der Waals surface area contributed by atoms with E-state index in [1.807, 2.05) is 6.92 Å². The number of nitrogens with one attached hydrogen (secondary N) is 1. The maximum atomic E-state index is 12.5. The lowest BCUT2D eigenvalue weighted by molar-refractivity contribution is 0.165. The lowest BCUT2D eigenvalue weighted by Gasteiger charge is -2.37. The average Bonchev–Trinajstić information content (AvgIpc) is 2.87. The number of H-pyrrole nitrogens is 1. The van der Waals surface area contributed by atoms with Crippen LogP contribution in [0.1, 0.15) is 19.2 Å². The third-order valence-corrected chi connectivity index (χ3v) is 5.81. The quantitative estimate of drug-likeness (QED) is 0.743. The lowest BCUT2D eigenvalue weighted by Crippen LogP contribution is -2.54. The molecule has 1 aliphatic rings. The topological polar surface area (TPSA) is 95.3 Å². The van der Waals surface area contributed by atoms with E-state index < -0.39 is 10.0 Å². The first-order valence-corrected chi connectivity index (χ1v) is 8.76. The molecular weight excluding hydrogens is 310 g/mol. The standard InChI is InChI=1S/C12H21N5O2S2/c1-3-10(12(13)20)16-4-6-17(7-5-16)21(18,19)11-8-14-9(2)15-11/h8,10H,3-7H2,1-2H3,(H2,13,20)(H,14,15). The van der Waals surface area contributed by atoms with Crippen LogP contribution in [-0.4, -0.2) is 64.8 Å². The third-order valence-electron chi connectivity index (χ3n) is 3.73. The molecule has 3 N–H and O–H groups in total. The predicted molar refractivity (Wildman–Crippen MR) is 84.5 cm³/mol. The Balaban J connectivity index is 2.05. The highest BCUT2D eigenvalue weighted by Gasteiger charge is 2.32. The van der Waals surface area contributed by atoms with Gasteiger partial charge in [0.15, 0.2) is 5.03 Å². The number of sulfonamides is 1. The fourth-order valence-corrected chi connectivity index (χ4v) is 4.26. The number of nitrogens with two attached hydrogens (primary N) is 1. The molecule has 0 radical (unpaired) electrons. The van der Waals surface area contributed by atoms with Gasteiger partial charge in [-0.1, -0.05) is 19.1 Å². The molecule has 1 fully saturated rings. The highest BCUT2D eigenvalue weighted by Crippen LogP contribution is 2.17. The maximum Gasteiger partial charge on any atom is 0.260 e. The molecule has 118 valence electrons. The molecular formula is C12H21N5O2S2. The van der Waals surface area contributed by atoms with Gasteiger partial charge < -0.3 is 10.7 Å². The molecule has 0 bridgehead atoms. The van der Waals surface area contributed by atoms with Gasteiger partial charge in [-0.05, 0) is 13.3 Å². The first-order valence-electron chi connectivity index (χ1n) is 6.91. The normalized spacial score (nSPS) is 19.5. The summed E-state index contributed by atoms with van der Waals surface area (Å²) in [6, 6.07) is 0.0410. The summed E-state index contributed by atoms with van der Waals surface area (Å²) in [7, 11) is -3.49. The van der Waals surface area contributed by atoms with Crippen molar-refractivity contribution >= 4 is 27.2 Å². The molecule has 1 atom stereocenters. The molecule has 2 rings (SSSR count). The van der Waals surface area contributed by atoms with Gasteiger partial charge in [0.2, 0.25) is 0 Å². The molecule has 1 aromatic rings. The van der Waals surface area contributed by atoms with E-state index in [9.17, 15) is 8.42 Å². The Hall–Kier alpha value is -1.03. The number of hydrogen-bond acceptors (Lipinski definition) is 5. The molecule has 1 aromatic heterocycles. The fraction of sp³-hybridized carbons (Fsp3) is 0.667. The van der Waals surface area contributed by atoms with Crippen molar-refractivity contribution in [1.29, 1.82) is 0 Å². The van der Waals surface area contributed by atoms with Gasteiger partial charge in [-0.2, -0.15) is 4.31 Å². The zero-order valence-electron chi connectivity index (χ0n) is 12.2. The third kappa shape index (κ3) is 3.42. The van der Waals surface area contributed by atoms with Crippen molar-refractivity contribution in [2.24, 2.45) is 5.73 Å². The van der Waals surface area contributed by atoms with Crippen LogP contribution in [0.15, 0.2) is 11.2 Å². The maximum absolute atomic E-state index is 12.5. The Bertz CT molecular complexity index is 605. The monoisotopic (exact) mass is 331 g/mol. The van der Waals surface area contributed by atoms with Gasteiger partial charge in [0, 0.05) is 26.2 Å². The van der Waals surface area contributed by atoms with Gasteiger partial charge in [0.1, 0.15) is 5.82 Å². The Morgan fingerprint density at radius 2 is 2.10 bits per heavy atom. The minimum Gasteiger partial charge on any atom is -0.392 e. The van der Waals surface area contributed by atoms with E-state index >= 15 is 0 Å². The second-order valence-electron chi connectivity index (χ2n) is 5.10.